The Balaban J connectivity index is 4.02. The molecule has 310 valence electrons. The minimum atomic E-state index is -4.29. The lowest BCUT2D eigenvalue weighted by Crippen LogP contribution is -2.28. The fraction of sp³-hybridized carbons (Fsp3) is 0.795. The van der Waals surface area contributed by atoms with Gasteiger partial charge < -0.3 is 20.1 Å². The number of hydrogen-bond acceptors (Lipinski definition) is 7. The van der Waals surface area contributed by atoms with Crippen LogP contribution in [0, 0.1) is 0 Å². The standard InChI is InChI=1S/C44H82NO7P/c1-3-5-7-9-11-13-15-17-18-19-20-21-22-23-24-26-28-30-32-34-36-39-49-41-43(42-51-53(47,48)50-40-38-45)52-44(46)37-35-33-31-29-27-25-16-14-12-10-8-6-4-2/h6,8,12,14,25,27,31,33,43H,3-5,7,9-11,13,15-24,26,28-30,32,34-42,45H2,1-2H3,(H,47,48)/b8-6-,14-12-,27-25-,33-31-. The van der Waals surface area contributed by atoms with Crippen LogP contribution in [-0.4, -0.2) is 49.9 Å². The van der Waals surface area contributed by atoms with E-state index in [1.54, 1.807) is 0 Å². The minimum absolute atomic E-state index is 0.0891. The molecular formula is C44H82NO7P. The maximum Gasteiger partial charge on any atom is 0.472 e. The average molecular weight is 768 g/mol. The monoisotopic (exact) mass is 768 g/mol. The zero-order valence-electron chi connectivity index (χ0n) is 34.2. The van der Waals surface area contributed by atoms with Crippen LogP contribution < -0.4 is 5.73 Å². The summed E-state index contributed by atoms with van der Waals surface area (Å²) in [6.45, 7) is 4.72. The maximum atomic E-state index is 12.5. The fourth-order valence-electron chi connectivity index (χ4n) is 5.89. The van der Waals surface area contributed by atoms with Gasteiger partial charge in [0.1, 0.15) is 6.10 Å². The normalized spacial score (nSPS) is 14.0. The number of carbonyl (C=O) groups excluding carboxylic acids is 1. The summed E-state index contributed by atoms with van der Waals surface area (Å²) in [5, 5.41) is 0. The second-order valence-electron chi connectivity index (χ2n) is 14.2. The lowest BCUT2D eigenvalue weighted by atomic mass is 10.0. The lowest BCUT2D eigenvalue weighted by molar-refractivity contribution is -0.154. The number of rotatable bonds is 41. The maximum absolute atomic E-state index is 12.5. The van der Waals surface area contributed by atoms with Crippen molar-refractivity contribution in [3.8, 4) is 0 Å². The molecule has 53 heavy (non-hydrogen) atoms. The van der Waals surface area contributed by atoms with Gasteiger partial charge in [-0.3, -0.25) is 13.8 Å². The molecule has 0 radical (unpaired) electrons. The zero-order valence-corrected chi connectivity index (χ0v) is 35.1. The number of phosphoric acid groups is 1. The molecule has 9 heteroatoms. The highest BCUT2D eigenvalue weighted by Gasteiger charge is 2.25. The van der Waals surface area contributed by atoms with E-state index in [0.29, 0.717) is 13.0 Å². The van der Waals surface area contributed by atoms with Crippen molar-refractivity contribution in [2.45, 2.75) is 193 Å². The molecule has 0 fully saturated rings. The molecule has 0 aromatic rings. The third kappa shape index (κ3) is 41.5. The van der Waals surface area contributed by atoms with Crippen molar-refractivity contribution >= 4 is 13.8 Å². The quantitative estimate of drug-likeness (QED) is 0.0273. The molecule has 0 rings (SSSR count). The highest BCUT2D eigenvalue weighted by molar-refractivity contribution is 7.47. The van der Waals surface area contributed by atoms with E-state index in [1.165, 1.54) is 122 Å². The van der Waals surface area contributed by atoms with E-state index in [-0.39, 0.29) is 32.8 Å². The smallest absolute Gasteiger partial charge is 0.457 e. The second-order valence-corrected chi connectivity index (χ2v) is 15.6. The van der Waals surface area contributed by atoms with Gasteiger partial charge in [0, 0.05) is 19.6 Å². The Hall–Kier alpha value is -1.54. The van der Waals surface area contributed by atoms with Crippen molar-refractivity contribution in [3.63, 3.8) is 0 Å². The molecular weight excluding hydrogens is 685 g/mol. The number of phosphoric ester groups is 1. The molecule has 0 saturated heterocycles. The Morgan fingerprint density at radius 1 is 0.585 bits per heavy atom. The van der Waals surface area contributed by atoms with Crippen molar-refractivity contribution in [1.82, 2.24) is 0 Å². The topological polar surface area (TPSA) is 117 Å². The first-order valence-electron chi connectivity index (χ1n) is 21.6. The van der Waals surface area contributed by atoms with Gasteiger partial charge in [0.15, 0.2) is 0 Å². The van der Waals surface area contributed by atoms with Crippen LogP contribution in [-0.2, 0) is 27.9 Å². The van der Waals surface area contributed by atoms with Gasteiger partial charge in [-0.2, -0.15) is 0 Å². The number of ether oxygens (including phenoxy) is 2. The van der Waals surface area contributed by atoms with Gasteiger partial charge in [-0.25, -0.2) is 4.57 Å². The number of hydrogen-bond donors (Lipinski definition) is 2. The molecule has 0 bridgehead atoms. The molecule has 0 saturated carbocycles. The Bertz CT molecular complexity index is 952. The van der Waals surface area contributed by atoms with Gasteiger partial charge in [-0.05, 0) is 38.5 Å². The highest BCUT2D eigenvalue weighted by Crippen LogP contribution is 2.43. The third-order valence-electron chi connectivity index (χ3n) is 9.02. The van der Waals surface area contributed by atoms with E-state index in [4.69, 9.17) is 24.3 Å². The third-order valence-corrected chi connectivity index (χ3v) is 10.0. The van der Waals surface area contributed by atoms with Crippen LogP contribution in [0.4, 0.5) is 0 Å². The molecule has 0 spiro atoms. The SMILES string of the molecule is CC/C=C\C/C=C\C/C=C\C/C=C\CCC(=O)OC(COCCCCCCCCCCCCCCCCCCCCCCC)COP(=O)(O)OCCN. The molecule has 3 N–H and O–H groups in total. The zero-order chi connectivity index (χ0) is 38.8. The Morgan fingerprint density at radius 3 is 1.47 bits per heavy atom. The fourth-order valence-corrected chi connectivity index (χ4v) is 6.66. The molecule has 2 atom stereocenters. The summed E-state index contributed by atoms with van der Waals surface area (Å²) in [5.41, 5.74) is 5.36. The predicted molar refractivity (Wildman–Crippen MR) is 224 cm³/mol. The van der Waals surface area contributed by atoms with Crippen molar-refractivity contribution in [2.24, 2.45) is 5.73 Å². The van der Waals surface area contributed by atoms with Gasteiger partial charge in [0.05, 0.1) is 19.8 Å². The Morgan fingerprint density at radius 2 is 1.02 bits per heavy atom. The number of nitrogens with two attached hydrogens (primary N) is 1. The Kier molecular flexibility index (Phi) is 40.4. The number of esters is 1. The molecule has 0 heterocycles. The number of unbranched alkanes of at least 4 members (excludes halogenated alkanes) is 20. The molecule has 8 nitrogen and oxygen atoms in total. The summed E-state index contributed by atoms with van der Waals surface area (Å²) in [6.07, 6.45) is 48.7. The van der Waals surface area contributed by atoms with Gasteiger partial charge in [0.2, 0.25) is 0 Å². The van der Waals surface area contributed by atoms with Gasteiger partial charge in [0.25, 0.3) is 0 Å². The van der Waals surface area contributed by atoms with Crippen molar-refractivity contribution in [1.29, 1.82) is 0 Å². The van der Waals surface area contributed by atoms with Crippen LogP contribution in [0.15, 0.2) is 48.6 Å². The van der Waals surface area contributed by atoms with Crippen molar-refractivity contribution in [2.75, 3.05) is 33.0 Å². The number of allylic oxidation sites excluding steroid dienone is 8. The van der Waals surface area contributed by atoms with Crippen LogP contribution in [0.2, 0.25) is 0 Å². The first-order chi connectivity index (χ1) is 25.9. The van der Waals surface area contributed by atoms with Crippen LogP contribution in [0.5, 0.6) is 0 Å². The number of carbonyl (C=O) groups is 1. The highest BCUT2D eigenvalue weighted by atomic mass is 31.2. The van der Waals surface area contributed by atoms with Crippen molar-refractivity contribution < 1.29 is 32.8 Å². The van der Waals surface area contributed by atoms with E-state index >= 15 is 0 Å². The van der Waals surface area contributed by atoms with Crippen molar-refractivity contribution in [3.05, 3.63) is 48.6 Å². The summed E-state index contributed by atoms with van der Waals surface area (Å²) in [5.74, 6) is -0.408. The largest absolute Gasteiger partial charge is 0.472 e. The molecule has 0 amide bonds. The first-order valence-corrected chi connectivity index (χ1v) is 23.1. The Labute approximate surface area is 326 Å². The first kappa shape index (κ1) is 51.5. The van der Waals surface area contributed by atoms with E-state index < -0.39 is 19.9 Å². The molecule has 0 aliphatic carbocycles. The minimum Gasteiger partial charge on any atom is -0.457 e. The summed E-state index contributed by atoms with van der Waals surface area (Å²) >= 11 is 0. The van der Waals surface area contributed by atoms with Crippen LogP contribution in [0.3, 0.4) is 0 Å². The summed E-state index contributed by atoms with van der Waals surface area (Å²) in [4.78, 5) is 22.4. The molecule has 2 unspecified atom stereocenters. The summed E-state index contributed by atoms with van der Waals surface area (Å²) in [7, 11) is -4.29. The summed E-state index contributed by atoms with van der Waals surface area (Å²) in [6, 6.07) is 0. The lowest BCUT2D eigenvalue weighted by Gasteiger charge is -2.20. The average Bonchev–Trinajstić information content (AvgIpc) is 3.15. The van der Waals surface area contributed by atoms with E-state index in [2.05, 4.69) is 50.3 Å². The second kappa shape index (κ2) is 41.6. The molecule has 0 aliphatic rings. The van der Waals surface area contributed by atoms with Gasteiger partial charge in [-0.1, -0.05) is 191 Å². The van der Waals surface area contributed by atoms with E-state index in [0.717, 1.165) is 38.5 Å². The van der Waals surface area contributed by atoms with Crippen LogP contribution in [0.1, 0.15) is 187 Å². The van der Waals surface area contributed by atoms with Crippen LogP contribution in [0.25, 0.3) is 0 Å². The molecule has 0 aliphatic heterocycles. The van der Waals surface area contributed by atoms with E-state index in [9.17, 15) is 14.3 Å². The molecule has 0 aromatic heterocycles. The summed E-state index contributed by atoms with van der Waals surface area (Å²) < 4.78 is 33.3. The van der Waals surface area contributed by atoms with Gasteiger partial charge in [-0.15, -0.1) is 0 Å². The van der Waals surface area contributed by atoms with Gasteiger partial charge >= 0.3 is 13.8 Å². The van der Waals surface area contributed by atoms with E-state index in [1.807, 2.05) is 12.2 Å². The van der Waals surface area contributed by atoms with Crippen LogP contribution >= 0.6 is 7.82 Å². The molecule has 0 aromatic carbocycles. The predicted octanol–water partition coefficient (Wildman–Crippen LogP) is 12.8.